The van der Waals surface area contributed by atoms with E-state index in [0.717, 1.165) is 28.1 Å². The maximum atomic E-state index is 8.90. The molecule has 0 fully saturated rings. The van der Waals surface area contributed by atoms with Crippen LogP contribution >= 0.6 is 0 Å². The number of para-hydroxylation sites is 3. The number of nitrogens with zero attached hydrogens (tertiary/aromatic N) is 2. The molecule has 0 amide bonds. The topological polar surface area (TPSA) is 67.5 Å². The molecule has 4 aromatic rings. The summed E-state index contributed by atoms with van der Waals surface area (Å²) in [5.41, 5.74) is 3.86. The SMILES string of the molecule is OB(O)Oc1ccc(-c2nc3ccccc3n2-c2ccccc2)cc1. The van der Waals surface area contributed by atoms with Gasteiger partial charge >= 0.3 is 7.32 Å². The van der Waals surface area contributed by atoms with E-state index in [1.807, 2.05) is 66.7 Å². The fourth-order valence-electron chi connectivity index (χ4n) is 2.86. The van der Waals surface area contributed by atoms with Crippen molar-refractivity contribution in [3.05, 3.63) is 78.9 Å². The number of aromatic nitrogens is 2. The van der Waals surface area contributed by atoms with E-state index < -0.39 is 7.32 Å². The third-order valence-electron chi connectivity index (χ3n) is 3.93. The van der Waals surface area contributed by atoms with Gasteiger partial charge < -0.3 is 14.7 Å². The molecule has 0 radical (unpaired) electrons. The lowest BCUT2D eigenvalue weighted by Gasteiger charge is -2.10. The molecule has 4 rings (SSSR count). The summed E-state index contributed by atoms with van der Waals surface area (Å²) in [6.07, 6.45) is 0. The Hall–Kier alpha value is -3.09. The molecule has 1 aromatic heterocycles. The molecule has 3 aromatic carbocycles. The van der Waals surface area contributed by atoms with Gasteiger partial charge in [0.05, 0.1) is 11.0 Å². The smallest absolute Gasteiger partial charge is 0.512 e. The first-order valence-electron chi connectivity index (χ1n) is 7.88. The van der Waals surface area contributed by atoms with E-state index in [9.17, 15) is 0 Å². The number of hydrogen-bond donors (Lipinski definition) is 2. The molecule has 0 spiro atoms. The Morgan fingerprint density at radius 2 is 1.48 bits per heavy atom. The minimum absolute atomic E-state index is 0.376. The number of hydrogen-bond acceptors (Lipinski definition) is 4. The lowest BCUT2D eigenvalue weighted by atomic mass is 10.2. The minimum Gasteiger partial charge on any atom is -0.512 e. The molecule has 0 unspecified atom stereocenters. The molecular weight excluding hydrogens is 315 g/mol. The zero-order valence-electron chi connectivity index (χ0n) is 13.3. The summed E-state index contributed by atoms with van der Waals surface area (Å²) in [5.74, 6) is 1.18. The summed E-state index contributed by atoms with van der Waals surface area (Å²) in [5, 5.41) is 17.8. The van der Waals surface area contributed by atoms with Crippen molar-refractivity contribution in [3.63, 3.8) is 0 Å². The summed E-state index contributed by atoms with van der Waals surface area (Å²) in [6.45, 7) is 0. The van der Waals surface area contributed by atoms with E-state index in [4.69, 9.17) is 19.7 Å². The predicted molar refractivity (Wildman–Crippen MR) is 97.3 cm³/mol. The lowest BCUT2D eigenvalue weighted by Crippen LogP contribution is -2.20. The lowest BCUT2D eigenvalue weighted by molar-refractivity contribution is 0.288. The van der Waals surface area contributed by atoms with Crippen LogP contribution in [0.3, 0.4) is 0 Å². The number of rotatable bonds is 4. The van der Waals surface area contributed by atoms with E-state index in [1.165, 1.54) is 0 Å². The fraction of sp³-hybridized carbons (Fsp3) is 0. The van der Waals surface area contributed by atoms with Crippen LogP contribution in [0.1, 0.15) is 0 Å². The van der Waals surface area contributed by atoms with Gasteiger partial charge in [-0.2, -0.15) is 0 Å². The average Bonchev–Trinajstić information content (AvgIpc) is 3.02. The minimum atomic E-state index is -1.83. The van der Waals surface area contributed by atoms with Gasteiger partial charge in [0.25, 0.3) is 0 Å². The Bertz CT molecular complexity index is 998. The molecule has 0 aliphatic heterocycles. The van der Waals surface area contributed by atoms with Crippen LogP contribution in [-0.2, 0) is 0 Å². The number of imidazole rings is 1. The van der Waals surface area contributed by atoms with Crippen molar-refractivity contribution >= 4 is 18.4 Å². The number of benzene rings is 3. The quantitative estimate of drug-likeness (QED) is 0.565. The van der Waals surface area contributed by atoms with Crippen molar-refractivity contribution in [1.29, 1.82) is 0 Å². The van der Waals surface area contributed by atoms with Crippen LogP contribution in [0.15, 0.2) is 78.9 Å². The van der Waals surface area contributed by atoms with Gasteiger partial charge in [-0.15, -0.1) is 0 Å². The third-order valence-corrected chi connectivity index (χ3v) is 3.93. The van der Waals surface area contributed by atoms with E-state index in [1.54, 1.807) is 12.1 Å². The standard InChI is InChI=1S/C19H15BN2O3/c23-20(24)25-16-12-10-14(11-13-16)19-21-17-8-4-5-9-18(17)22(19)15-6-2-1-3-7-15/h1-13,23-24H. The zero-order valence-corrected chi connectivity index (χ0v) is 13.3. The van der Waals surface area contributed by atoms with Gasteiger partial charge in [0.1, 0.15) is 11.6 Å². The Balaban J connectivity index is 1.87. The molecule has 25 heavy (non-hydrogen) atoms. The molecule has 2 N–H and O–H groups in total. The molecule has 0 aliphatic carbocycles. The largest absolute Gasteiger partial charge is 0.707 e. The van der Waals surface area contributed by atoms with Crippen LogP contribution in [0, 0.1) is 0 Å². The molecule has 5 nitrogen and oxygen atoms in total. The van der Waals surface area contributed by atoms with Gasteiger partial charge in [-0.1, -0.05) is 30.3 Å². The highest BCUT2D eigenvalue weighted by Gasteiger charge is 2.15. The zero-order chi connectivity index (χ0) is 17.2. The molecule has 6 heteroatoms. The first-order valence-corrected chi connectivity index (χ1v) is 7.88. The summed E-state index contributed by atoms with van der Waals surface area (Å²) in [6, 6.07) is 25.1. The van der Waals surface area contributed by atoms with Crippen molar-refractivity contribution in [1.82, 2.24) is 9.55 Å². The van der Waals surface area contributed by atoms with Gasteiger partial charge in [0, 0.05) is 11.3 Å². The second kappa shape index (κ2) is 6.43. The molecule has 0 saturated heterocycles. The molecule has 122 valence electrons. The molecular formula is C19H15BN2O3. The molecule has 0 aliphatic rings. The van der Waals surface area contributed by atoms with Crippen molar-refractivity contribution < 1.29 is 14.7 Å². The van der Waals surface area contributed by atoms with Crippen molar-refractivity contribution in [2.45, 2.75) is 0 Å². The van der Waals surface area contributed by atoms with Crippen LogP contribution < -0.4 is 4.65 Å². The Labute approximate surface area is 144 Å². The van der Waals surface area contributed by atoms with Crippen LogP contribution in [-0.4, -0.2) is 26.9 Å². The summed E-state index contributed by atoms with van der Waals surface area (Å²) in [7, 11) is -1.83. The van der Waals surface area contributed by atoms with Gasteiger partial charge in [0.2, 0.25) is 0 Å². The summed E-state index contributed by atoms with van der Waals surface area (Å²) >= 11 is 0. The highest BCUT2D eigenvalue weighted by atomic mass is 16.6. The second-order valence-electron chi connectivity index (χ2n) is 5.56. The van der Waals surface area contributed by atoms with Crippen LogP contribution in [0.4, 0.5) is 0 Å². The van der Waals surface area contributed by atoms with Crippen molar-refractivity contribution in [2.24, 2.45) is 0 Å². The van der Waals surface area contributed by atoms with E-state index in [-0.39, 0.29) is 0 Å². The normalized spacial score (nSPS) is 10.8. The van der Waals surface area contributed by atoms with Crippen LogP contribution in [0.25, 0.3) is 28.1 Å². The van der Waals surface area contributed by atoms with Crippen molar-refractivity contribution in [3.8, 4) is 22.8 Å². The fourth-order valence-corrected chi connectivity index (χ4v) is 2.86. The molecule has 0 bridgehead atoms. The highest BCUT2D eigenvalue weighted by Crippen LogP contribution is 2.29. The first-order chi connectivity index (χ1) is 12.2. The van der Waals surface area contributed by atoms with E-state index in [0.29, 0.717) is 5.75 Å². The van der Waals surface area contributed by atoms with Gasteiger partial charge in [0.15, 0.2) is 0 Å². The van der Waals surface area contributed by atoms with Gasteiger partial charge in [-0.05, 0) is 48.5 Å². The van der Waals surface area contributed by atoms with Gasteiger partial charge in [-0.3, -0.25) is 4.57 Å². The molecule has 0 atom stereocenters. The third kappa shape index (κ3) is 3.00. The van der Waals surface area contributed by atoms with Crippen LogP contribution in [0.2, 0.25) is 0 Å². The Kier molecular flexibility index (Phi) is 3.97. The predicted octanol–water partition coefficient (Wildman–Crippen LogP) is 3.04. The van der Waals surface area contributed by atoms with E-state index >= 15 is 0 Å². The molecule has 0 saturated carbocycles. The van der Waals surface area contributed by atoms with Gasteiger partial charge in [-0.25, -0.2) is 4.98 Å². The Morgan fingerprint density at radius 3 is 2.20 bits per heavy atom. The summed E-state index contributed by atoms with van der Waals surface area (Å²) in [4.78, 5) is 4.77. The monoisotopic (exact) mass is 330 g/mol. The maximum Gasteiger partial charge on any atom is 0.707 e. The summed E-state index contributed by atoms with van der Waals surface area (Å²) < 4.78 is 6.97. The highest BCUT2D eigenvalue weighted by molar-refractivity contribution is 6.33. The van der Waals surface area contributed by atoms with Crippen molar-refractivity contribution in [2.75, 3.05) is 0 Å². The second-order valence-corrected chi connectivity index (χ2v) is 5.56. The first kappa shape index (κ1) is 15.4. The van der Waals surface area contributed by atoms with E-state index in [2.05, 4.69) is 4.57 Å². The Morgan fingerprint density at radius 1 is 0.800 bits per heavy atom. The maximum absolute atomic E-state index is 8.90. The average molecular weight is 330 g/mol. The van der Waals surface area contributed by atoms with Crippen LogP contribution in [0.5, 0.6) is 5.75 Å². The molecule has 1 heterocycles. The number of fused-ring (bicyclic) bond motifs is 1.